The van der Waals surface area contributed by atoms with Crippen LogP contribution in [-0.2, 0) is 0 Å². The minimum atomic E-state index is -0.668. The third-order valence-electron chi connectivity index (χ3n) is 3.17. The fourth-order valence-electron chi connectivity index (χ4n) is 2.58. The predicted octanol–water partition coefficient (Wildman–Crippen LogP) is 5.72. The Morgan fingerprint density at radius 2 is 1.70 bits per heavy atom. The zero-order valence-corrected chi connectivity index (χ0v) is 13.5. The van der Waals surface area contributed by atoms with E-state index in [-0.39, 0.29) is 16.7 Å². The van der Waals surface area contributed by atoms with Crippen molar-refractivity contribution in [3.05, 3.63) is 29.3 Å². The summed E-state index contributed by atoms with van der Waals surface area (Å²) in [7, 11) is 1.37. The molecule has 114 valence electrons. The number of hydrogen-bond donors (Lipinski definition) is 0. The van der Waals surface area contributed by atoms with Gasteiger partial charge in [0.1, 0.15) is 17.4 Å². The van der Waals surface area contributed by atoms with E-state index in [0.29, 0.717) is 12.3 Å². The van der Waals surface area contributed by atoms with Crippen LogP contribution in [0.3, 0.4) is 0 Å². The lowest BCUT2D eigenvalue weighted by Gasteiger charge is -2.25. The largest absolute Gasteiger partial charge is 0.497 e. The second-order valence-corrected chi connectivity index (χ2v) is 7.10. The molecule has 0 aromatic heterocycles. The highest BCUT2D eigenvalue weighted by Crippen LogP contribution is 2.36. The van der Waals surface area contributed by atoms with Crippen LogP contribution in [0.4, 0.5) is 8.78 Å². The van der Waals surface area contributed by atoms with Crippen molar-refractivity contribution in [1.82, 2.24) is 0 Å². The maximum Gasteiger partial charge on any atom is 0.134 e. The Morgan fingerprint density at radius 3 is 2.10 bits per heavy atom. The zero-order chi connectivity index (χ0) is 15.5. The van der Waals surface area contributed by atoms with Crippen LogP contribution in [0.1, 0.15) is 51.5 Å². The summed E-state index contributed by atoms with van der Waals surface area (Å²) in [5, 5.41) is -0.668. The van der Waals surface area contributed by atoms with Gasteiger partial charge in [-0.25, -0.2) is 8.78 Å². The van der Waals surface area contributed by atoms with Gasteiger partial charge in [0.05, 0.1) is 12.5 Å². The van der Waals surface area contributed by atoms with Crippen molar-refractivity contribution in [2.75, 3.05) is 7.11 Å². The van der Waals surface area contributed by atoms with E-state index in [0.717, 1.165) is 6.42 Å². The monoisotopic (exact) mass is 304 g/mol. The van der Waals surface area contributed by atoms with E-state index in [1.807, 2.05) is 0 Å². The van der Waals surface area contributed by atoms with Gasteiger partial charge >= 0.3 is 0 Å². The van der Waals surface area contributed by atoms with Crippen molar-refractivity contribution in [2.24, 2.45) is 11.3 Å². The van der Waals surface area contributed by atoms with E-state index in [2.05, 4.69) is 27.7 Å². The highest BCUT2D eigenvalue weighted by atomic mass is 35.5. The van der Waals surface area contributed by atoms with E-state index in [9.17, 15) is 8.78 Å². The average Bonchev–Trinajstić information content (AvgIpc) is 2.24. The number of alkyl halides is 1. The Bertz CT molecular complexity index is 431. The molecule has 0 amide bonds. The summed E-state index contributed by atoms with van der Waals surface area (Å²) in [6.45, 7) is 8.48. The Morgan fingerprint density at radius 1 is 1.20 bits per heavy atom. The van der Waals surface area contributed by atoms with Crippen LogP contribution in [0.5, 0.6) is 5.75 Å². The average molecular weight is 305 g/mol. The fourth-order valence-corrected chi connectivity index (χ4v) is 3.09. The molecular formula is C16H23ClF2O. The molecule has 0 spiro atoms. The van der Waals surface area contributed by atoms with Crippen molar-refractivity contribution < 1.29 is 13.5 Å². The summed E-state index contributed by atoms with van der Waals surface area (Å²) < 4.78 is 32.7. The number of rotatable bonds is 5. The first-order valence-electron chi connectivity index (χ1n) is 6.81. The van der Waals surface area contributed by atoms with Crippen LogP contribution in [0.2, 0.25) is 0 Å². The zero-order valence-electron chi connectivity index (χ0n) is 12.8. The molecule has 0 fully saturated rings. The van der Waals surface area contributed by atoms with E-state index in [1.54, 1.807) is 0 Å². The van der Waals surface area contributed by atoms with Crippen molar-refractivity contribution >= 4 is 11.6 Å². The Kier molecular flexibility index (Phi) is 5.81. The van der Waals surface area contributed by atoms with Gasteiger partial charge in [-0.3, -0.25) is 0 Å². The lowest BCUT2D eigenvalue weighted by Crippen LogP contribution is -2.13. The Balaban J connectivity index is 2.85. The number of hydrogen-bond acceptors (Lipinski definition) is 1. The van der Waals surface area contributed by atoms with Crippen LogP contribution in [0, 0.1) is 23.0 Å². The molecule has 1 aromatic rings. The minimum absolute atomic E-state index is 0.0618. The second-order valence-electron chi connectivity index (χ2n) is 6.58. The van der Waals surface area contributed by atoms with Gasteiger partial charge in [0.2, 0.25) is 0 Å². The SMILES string of the molecule is COc1cc(F)c(C(Cl)CC(C)CC(C)(C)C)c(F)c1. The molecule has 0 aliphatic rings. The lowest BCUT2D eigenvalue weighted by atomic mass is 9.83. The first kappa shape index (κ1) is 17.2. The molecule has 0 radical (unpaired) electrons. The summed E-state index contributed by atoms with van der Waals surface area (Å²) in [6.07, 6.45) is 1.49. The van der Waals surface area contributed by atoms with Crippen molar-refractivity contribution in [3.63, 3.8) is 0 Å². The van der Waals surface area contributed by atoms with Gasteiger partial charge in [0.25, 0.3) is 0 Å². The summed E-state index contributed by atoms with van der Waals surface area (Å²) in [5.41, 5.74) is 0.112. The van der Waals surface area contributed by atoms with E-state index < -0.39 is 17.0 Å². The van der Waals surface area contributed by atoms with Crippen molar-refractivity contribution in [1.29, 1.82) is 0 Å². The minimum Gasteiger partial charge on any atom is -0.497 e. The molecule has 0 saturated heterocycles. The molecule has 2 unspecified atom stereocenters. The molecule has 1 rings (SSSR count). The highest BCUT2D eigenvalue weighted by Gasteiger charge is 2.24. The summed E-state index contributed by atoms with van der Waals surface area (Å²) in [4.78, 5) is 0. The molecule has 0 heterocycles. The van der Waals surface area contributed by atoms with Crippen molar-refractivity contribution in [2.45, 2.75) is 45.9 Å². The van der Waals surface area contributed by atoms with Crippen LogP contribution >= 0.6 is 11.6 Å². The van der Waals surface area contributed by atoms with Crippen LogP contribution < -0.4 is 4.74 Å². The van der Waals surface area contributed by atoms with Crippen LogP contribution in [-0.4, -0.2) is 7.11 Å². The summed E-state index contributed by atoms with van der Waals surface area (Å²) >= 11 is 6.22. The van der Waals surface area contributed by atoms with E-state index >= 15 is 0 Å². The summed E-state index contributed by atoms with van der Waals surface area (Å²) in [6, 6.07) is 2.34. The first-order chi connectivity index (χ1) is 9.14. The molecule has 0 aliphatic carbocycles. The lowest BCUT2D eigenvalue weighted by molar-refractivity contribution is 0.294. The molecule has 0 saturated carbocycles. The third kappa shape index (κ3) is 4.93. The number of ether oxygens (including phenoxy) is 1. The Hall–Kier alpha value is -0.830. The maximum atomic E-state index is 13.9. The van der Waals surface area contributed by atoms with Gasteiger partial charge in [-0.2, -0.15) is 0 Å². The quantitative estimate of drug-likeness (QED) is 0.633. The maximum absolute atomic E-state index is 13.9. The molecule has 2 atom stereocenters. The van der Waals surface area contributed by atoms with Gasteiger partial charge in [-0.15, -0.1) is 11.6 Å². The fraction of sp³-hybridized carbons (Fsp3) is 0.625. The van der Waals surface area contributed by atoms with Gasteiger partial charge in [0.15, 0.2) is 0 Å². The van der Waals surface area contributed by atoms with E-state index in [1.165, 1.54) is 19.2 Å². The molecule has 1 aromatic carbocycles. The van der Waals surface area contributed by atoms with Gasteiger partial charge < -0.3 is 4.74 Å². The second kappa shape index (κ2) is 6.75. The molecule has 1 nitrogen and oxygen atoms in total. The van der Waals surface area contributed by atoms with Crippen LogP contribution in [0.15, 0.2) is 12.1 Å². The number of benzene rings is 1. The molecule has 0 N–H and O–H groups in total. The highest BCUT2D eigenvalue weighted by molar-refractivity contribution is 6.20. The van der Waals surface area contributed by atoms with E-state index in [4.69, 9.17) is 16.3 Å². The first-order valence-corrected chi connectivity index (χ1v) is 7.24. The number of methoxy groups -OCH3 is 1. The van der Waals surface area contributed by atoms with Gasteiger partial charge in [-0.05, 0) is 24.2 Å². The predicted molar refractivity (Wildman–Crippen MR) is 79.4 cm³/mol. The standard InChI is InChI=1S/C16H23ClF2O/c1-10(9-16(2,3)4)6-12(17)15-13(18)7-11(20-5)8-14(15)19/h7-8,10,12H,6,9H2,1-5H3. The van der Waals surface area contributed by atoms with Gasteiger partial charge in [-0.1, -0.05) is 27.7 Å². The topological polar surface area (TPSA) is 9.23 Å². The van der Waals surface area contributed by atoms with Crippen LogP contribution in [0.25, 0.3) is 0 Å². The smallest absolute Gasteiger partial charge is 0.134 e. The summed E-state index contributed by atoms with van der Waals surface area (Å²) in [5.74, 6) is -0.844. The molecule has 4 heteroatoms. The third-order valence-corrected chi connectivity index (χ3v) is 3.57. The van der Waals surface area contributed by atoms with Crippen molar-refractivity contribution in [3.8, 4) is 5.75 Å². The van der Waals surface area contributed by atoms with Gasteiger partial charge in [0, 0.05) is 17.7 Å². The molecule has 20 heavy (non-hydrogen) atoms. The molecule has 0 bridgehead atoms. The molecular weight excluding hydrogens is 282 g/mol. The number of halogens is 3. The Labute approximate surface area is 125 Å². The molecule has 0 aliphatic heterocycles. The normalized spacial score (nSPS) is 15.0.